The molecular weight excluding hydrogens is 464 g/mol. The van der Waals surface area contributed by atoms with E-state index in [4.69, 9.17) is 0 Å². The van der Waals surface area contributed by atoms with Crippen LogP contribution in [0.25, 0.3) is 11.1 Å². The number of hydrogen-bond donors (Lipinski definition) is 2. The van der Waals surface area contributed by atoms with E-state index in [9.17, 15) is 10.2 Å². The van der Waals surface area contributed by atoms with Crippen LogP contribution in [0.4, 0.5) is 0 Å². The number of aromatic hydroxyl groups is 2. The summed E-state index contributed by atoms with van der Waals surface area (Å²) in [5.41, 5.74) is 9.48. The average Bonchev–Trinajstić information content (AvgIpc) is 2.84. The molecule has 8 aliphatic rings. The Morgan fingerprint density at radius 2 is 0.763 bits per heavy atom. The van der Waals surface area contributed by atoms with Crippen LogP contribution in [0.1, 0.15) is 110 Å². The second-order valence-corrected chi connectivity index (χ2v) is 15.6. The van der Waals surface area contributed by atoms with Crippen molar-refractivity contribution in [3.63, 3.8) is 0 Å². The molecule has 38 heavy (non-hydrogen) atoms. The Hall–Kier alpha value is -1.96. The molecule has 0 spiro atoms. The highest BCUT2D eigenvalue weighted by Crippen LogP contribution is 2.66. The highest BCUT2D eigenvalue weighted by Gasteiger charge is 2.55. The van der Waals surface area contributed by atoms with E-state index in [1.807, 2.05) is 0 Å². The summed E-state index contributed by atoms with van der Waals surface area (Å²) < 4.78 is 0. The van der Waals surface area contributed by atoms with Gasteiger partial charge in [0.2, 0.25) is 0 Å². The second kappa shape index (κ2) is 7.82. The number of phenolic OH excluding ortho intramolecular Hbond substituents is 2. The molecular formula is C36H46O2. The van der Waals surface area contributed by atoms with Crippen molar-refractivity contribution < 1.29 is 10.2 Å². The summed E-state index contributed by atoms with van der Waals surface area (Å²) in [5, 5.41) is 24.2. The largest absolute Gasteiger partial charge is 0.507 e. The van der Waals surface area contributed by atoms with Crippen molar-refractivity contribution >= 4 is 0 Å². The molecule has 0 heterocycles. The normalized spacial score (nSPS) is 40.3. The lowest BCUT2D eigenvalue weighted by molar-refractivity contribution is -0.00600. The summed E-state index contributed by atoms with van der Waals surface area (Å²) >= 11 is 0. The molecule has 0 aromatic heterocycles. The molecule has 0 amide bonds. The van der Waals surface area contributed by atoms with E-state index in [1.54, 1.807) is 0 Å². The van der Waals surface area contributed by atoms with Crippen LogP contribution in [0, 0.1) is 63.2 Å². The molecule has 8 bridgehead atoms. The maximum atomic E-state index is 12.1. The summed E-state index contributed by atoms with van der Waals surface area (Å²) in [4.78, 5) is 0. The monoisotopic (exact) mass is 510 g/mol. The standard InChI is InChI=1S/C36H46O2/c1-19-5-29(35-13-23-7-24(14-35)9-25(8-23)15-35)31(33(37)21(19)3)32-30(6-20(2)22(4)34(32)38)36-16-26-10-27(17-36)12-28(11-26)18-36/h5-6,23-28,37-38H,7-18H2,1-4H3. The van der Waals surface area contributed by atoms with Crippen LogP contribution in [0.2, 0.25) is 0 Å². The lowest BCUT2D eigenvalue weighted by Gasteiger charge is -2.58. The molecule has 2 heteroatoms. The zero-order chi connectivity index (χ0) is 26.1. The third-order valence-electron chi connectivity index (χ3n) is 13.1. The fourth-order valence-corrected chi connectivity index (χ4v) is 12.0. The van der Waals surface area contributed by atoms with Crippen LogP contribution in [0.5, 0.6) is 11.5 Å². The first-order valence-electron chi connectivity index (χ1n) is 15.8. The van der Waals surface area contributed by atoms with Gasteiger partial charge in [-0.1, -0.05) is 12.1 Å². The Kier molecular flexibility index (Phi) is 4.92. The molecule has 10 rings (SSSR count). The fraction of sp³-hybridized carbons (Fsp3) is 0.667. The third-order valence-corrected chi connectivity index (χ3v) is 13.1. The van der Waals surface area contributed by atoms with Crippen molar-refractivity contribution in [1.82, 2.24) is 0 Å². The average molecular weight is 511 g/mol. The molecule has 8 fully saturated rings. The SMILES string of the molecule is Cc1cc(C23CC4CC(CC(C4)C2)C3)c(-c2c(C34CC5CC(CC(C5)C3)C4)cc(C)c(C)c2O)c(O)c1C. The number of phenols is 2. The van der Waals surface area contributed by atoms with Crippen LogP contribution >= 0.6 is 0 Å². The first-order chi connectivity index (χ1) is 18.1. The van der Waals surface area contributed by atoms with Gasteiger partial charge in [-0.15, -0.1) is 0 Å². The van der Waals surface area contributed by atoms with E-state index in [2.05, 4.69) is 39.8 Å². The molecule has 2 nitrogen and oxygen atoms in total. The zero-order valence-corrected chi connectivity index (χ0v) is 24.0. The lowest BCUT2D eigenvalue weighted by atomic mass is 9.46. The highest BCUT2D eigenvalue weighted by atomic mass is 16.3. The van der Waals surface area contributed by atoms with E-state index in [1.165, 1.54) is 99.3 Å². The molecule has 0 unspecified atom stereocenters. The minimum Gasteiger partial charge on any atom is -0.507 e. The molecule has 2 aromatic rings. The summed E-state index contributed by atoms with van der Waals surface area (Å²) in [6.07, 6.45) is 16.1. The molecule has 8 aliphatic carbocycles. The Labute approximate surface area is 229 Å². The Morgan fingerprint density at radius 3 is 1.03 bits per heavy atom. The first-order valence-corrected chi connectivity index (χ1v) is 15.8. The molecule has 8 saturated carbocycles. The van der Waals surface area contributed by atoms with Gasteiger partial charge in [0.25, 0.3) is 0 Å². The van der Waals surface area contributed by atoms with Gasteiger partial charge in [-0.3, -0.25) is 0 Å². The van der Waals surface area contributed by atoms with Crippen molar-refractivity contribution in [3.05, 3.63) is 45.5 Å². The van der Waals surface area contributed by atoms with Crippen molar-refractivity contribution in [2.24, 2.45) is 35.5 Å². The number of rotatable bonds is 3. The number of hydrogen-bond acceptors (Lipinski definition) is 2. The summed E-state index contributed by atoms with van der Waals surface area (Å²) in [5.74, 6) is 5.94. The minimum absolute atomic E-state index is 0.157. The Bertz CT molecular complexity index is 1170. The molecule has 0 radical (unpaired) electrons. The summed E-state index contributed by atoms with van der Waals surface area (Å²) in [6.45, 7) is 8.53. The number of benzene rings is 2. The molecule has 202 valence electrons. The maximum Gasteiger partial charge on any atom is 0.127 e. The third kappa shape index (κ3) is 3.18. The van der Waals surface area contributed by atoms with Crippen LogP contribution in [0.3, 0.4) is 0 Å². The van der Waals surface area contributed by atoms with Crippen molar-refractivity contribution in [1.29, 1.82) is 0 Å². The Morgan fingerprint density at radius 1 is 0.500 bits per heavy atom. The van der Waals surface area contributed by atoms with Crippen LogP contribution in [-0.4, -0.2) is 10.2 Å². The van der Waals surface area contributed by atoms with E-state index >= 15 is 0 Å². The van der Waals surface area contributed by atoms with Gasteiger partial charge in [0.15, 0.2) is 0 Å². The zero-order valence-electron chi connectivity index (χ0n) is 24.0. The molecule has 2 N–H and O–H groups in total. The van der Waals surface area contributed by atoms with Gasteiger partial charge in [-0.25, -0.2) is 0 Å². The maximum absolute atomic E-state index is 12.1. The van der Waals surface area contributed by atoms with Crippen molar-refractivity contribution in [3.8, 4) is 22.6 Å². The smallest absolute Gasteiger partial charge is 0.127 e. The van der Waals surface area contributed by atoms with E-state index in [0.29, 0.717) is 11.5 Å². The number of aryl methyl sites for hydroxylation is 2. The lowest BCUT2D eigenvalue weighted by Crippen LogP contribution is -2.49. The van der Waals surface area contributed by atoms with Gasteiger partial charge in [-0.2, -0.15) is 0 Å². The molecule has 0 saturated heterocycles. The topological polar surface area (TPSA) is 40.5 Å². The molecule has 2 aromatic carbocycles. The van der Waals surface area contributed by atoms with Crippen molar-refractivity contribution in [2.45, 2.75) is 116 Å². The van der Waals surface area contributed by atoms with Crippen LogP contribution < -0.4 is 0 Å². The van der Waals surface area contributed by atoms with Crippen LogP contribution in [0.15, 0.2) is 12.1 Å². The van der Waals surface area contributed by atoms with Crippen LogP contribution in [-0.2, 0) is 10.8 Å². The van der Waals surface area contributed by atoms with E-state index < -0.39 is 0 Å². The molecule has 0 atom stereocenters. The van der Waals surface area contributed by atoms with E-state index in [-0.39, 0.29) is 10.8 Å². The van der Waals surface area contributed by atoms with Gasteiger partial charge >= 0.3 is 0 Å². The van der Waals surface area contributed by atoms with Gasteiger partial charge in [0, 0.05) is 11.1 Å². The summed E-state index contributed by atoms with van der Waals surface area (Å²) in [7, 11) is 0. The van der Waals surface area contributed by atoms with Gasteiger partial charge in [0.05, 0.1) is 0 Å². The fourth-order valence-electron chi connectivity index (χ4n) is 12.0. The Balaban J connectivity index is 1.40. The predicted molar refractivity (Wildman–Crippen MR) is 154 cm³/mol. The van der Waals surface area contributed by atoms with Gasteiger partial charge < -0.3 is 10.2 Å². The van der Waals surface area contributed by atoms with Gasteiger partial charge in [-0.05, 0) is 184 Å². The second-order valence-electron chi connectivity index (χ2n) is 15.6. The van der Waals surface area contributed by atoms with Crippen molar-refractivity contribution in [2.75, 3.05) is 0 Å². The quantitative estimate of drug-likeness (QED) is 0.433. The molecule has 0 aliphatic heterocycles. The highest BCUT2D eigenvalue weighted by molar-refractivity contribution is 5.86. The van der Waals surface area contributed by atoms with Gasteiger partial charge in [0.1, 0.15) is 11.5 Å². The minimum atomic E-state index is 0.157. The first kappa shape index (κ1) is 23.9. The predicted octanol–water partition coefficient (Wildman–Crippen LogP) is 8.93. The van der Waals surface area contributed by atoms with E-state index in [0.717, 1.165) is 57.8 Å². The summed E-state index contributed by atoms with van der Waals surface area (Å²) in [6, 6.07) is 4.91.